The molecule has 0 saturated carbocycles. The molecule has 0 atom stereocenters. The van der Waals surface area contributed by atoms with Crippen molar-refractivity contribution in [3.05, 3.63) is 66.5 Å². The molecule has 104 valence electrons. The first-order chi connectivity index (χ1) is 10.2. The molecule has 6 nitrogen and oxygen atoms in total. The Morgan fingerprint density at radius 1 is 1.19 bits per heavy atom. The molecule has 2 heterocycles. The van der Waals surface area contributed by atoms with Crippen LogP contribution in [0.5, 0.6) is 0 Å². The molecule has 7 heteroatoms. The quantitative estimate of drug-likeness (QED) is 0.798. The SMILES string of the molecule is O=C(Nc1cc(-n2cccn2)ncn1)c1cccc(F)c1. The minimum Gasteiger partial charge on any atom is -0.306 e. The van der Waals surface area contributed by atoms with Gasteiger partial charge in [-0.05, 0) is 24.3 Å². The first-order valence-electron chi connectivity index (χ1n) is 6.11. The number of rotatable bonds is 3. The number of hydrogen-bond acceptors (Lipinski definition) is 4. The number of anilines is 1. The maximum absolute atomic E-state index is 13.1. The van der Waals surface area contributed by atoms with Crippen LogP contribution in [0.25, 0.3) is 5.82 Å². The smallest absolute Gasteiger partial charge is 0.256 e. The van der Waals surface area contributed by atoms with E-state index in [-0.39, 0.29) is 5.56 Å². The summed E-state index contributed by atoms with van der Waals surface area (Å²) < 4.78 is 14.6. The Morgan fingerprint density at radius 2 is 2.10 bits per heavy atom. The highest BCUT2D eigenvalue weighted by Crippen LogP contribution is 2.10. The van der Waals surface area contributed by atoms with Gasteiger partial charge in [-0.2, -0.15) is 5.10 Å². The van der Waals surface area contributed by atoms with E-state index in [1.54, 1.807) is 29.2 Å². The van der Waals surface area contributed by atoms with Crippen LogP contribution in [0.1, 0.15) is 10.4 Å². The van der Waals surface area contributed by atoms with E-state index < -0.39 is 11.7 Å². The van der Waals surface area contributed by atoms with Crippen LogP contribution in [0.2, 0.25) is 0 Å². The Balaban J connectivity index is 1.82. The molecule has 1 N–H and O–H groups in total. The summed E-state index contributed by atoms with van der Waals surface area (Å²) in [6.07, 6.45) is 4.66. The molecule has 3 aromatic rings. The molecule has 0 spiro atoms. The maximum Gasteiger partial charge on any atom is 0.256 e. The molecule has 0 aliphatic rings. The Labute approximate surface area is 119 Å². The van der Waals surface area contributed by atoms with Crippen LogP contribution in [-0.4, -0.2) is 25.7 Å². The fraction of sp³-hybridized carbons (Fsp3) is 0. The van der Waals surface area contributed by atoms with Crippen LogP contribution < -0.4 is 5.32 Å². The second-order valence-electron chi connectivity index (χ2n) is 4.18. The average molecular weight is 283 g/mol. The molecule has 0 unspecified atom stereocenters. The van der Waals surface area contributed by atoms with Crippen LogP contribution in [0.3, 0.4) is 0 Å². The summed E-state index contributed by atoms with van der Waals surface area (Å²) in [5.74, 6) is -0.0866. The van der Waals surface area contributed by atoms with Crippen molar-refractivity contribution < 1.29 is 9.18 Å². The lowest BCUT2D eigenvalue weighted by molar-refractivity contribution is 0.102. The van der Waals surface area contributed by atoms with E-state index in [1.165, 1.54) is 24.5 Å². The van der Waals surface area contributed by atoms with Gasteiger partial charge in [0.15, 0.2) is 5.82 Å². The van der Waals surface area contributed by atoms with Gasteiger partial charge >= 0.3 is 0 Å². The average Bonchev–Trinajstić information content (AvgIpc) is 3.02. The van der Waals surface area contributed by atoms with E-state index in [1.807, 2.05) is 0 Å². The van der Waals surface area contributed by atoms with Crippen LogP contribution >= 0.6 is 0 Å². The third kappa shape index (κ3) is 2.92. The molecule has 0 aliphatic heterocycles. The monoisotopic (exact) mass is 283 g/mol. The second kappa shape index (κ2) is 5.49. The van der Waals surface area contributed by atoms with Crippen molar-refractivity contribution in [3.8, 4) is 5.82 Å². The van der Waals surface area contributed by atoms with E-state index in [9.17, 15) is 9.18 Å². The number of nitrogens with zero attached hydrogens (tertiary/aromatic N) is 4. The molecule has 21 heavy (non-hydrogen) atoms. The topological polar surface area (TPSA) is 72.7 Å². The Kier molecular flexibility index (Phi) is 3.38. The fourth-order valence-electron chi connectivity index (χ4n) is 1.76. The van der Waals surface area contributed by atoms with E-state index in [2.05, 4.69) is 20.4 Å². The zero-order chi connectivity index (χ0) is 14.7. The molecule has 2 aromatic heterocycles. The van der Waals surface area contributed by atoms with E-state index in [0.717, 1.165) is 6.07 Å². The molecular weight excluding hydrogens is 273 g/mol. The van der Waals surface area contributed by atoms with Crippen LogP contribution in [-0.2, 0) is 0 Å². The van der Waals surface area contributed by atoms with E-state index in [0.29, 0.717) is 11.6 Å². The van der Waals surface area contributed by atoms with Crippen molar-refractivity contribution in [2.45, 2.75) is 0 Å². The lowest BCUT2D eigenvalue weighted by Gasteiger charge is -2.06. The number of amides is 1. The van der Waals surface area contributed by atoms with Gasteiger partial charge in [0.1, 0.15) is 18.0 Å². The number of carbonyl (C=O) groups is 1. The lowest BCUT2D eigenvalue weighted by atomic mass is 10.2. The summed E-state index contributed by atoms with van der Waals surface area (Å²) in [6, 6.07) is 8.76. The standard InChI is InChI=1S/C14H10FN5O/c15-11-4-1-3-10(7-11)14(21)19-12-8-13(17-9-16-12)20-6-2-5-18-20/h1-9H,(H,16,17,19,21). The number of benzene rings is 1. The third-order valence-electron chi connectivity index (χ3n) is 2.72. The van der Waals surface area contributed by atoms with Gasteiger partial charge in [0.05, 0.1) is 0 Å². The normalized spacial score (nSPS) is 10.3. The Bertz CT molecular complexity index is 773. The van der Waals surface area contributed by atoms with Gasteiger partial charge in [-0.15, -0.1) is 0 Å². The summed E-state index contributed by atoms with van der Waals surface area (Å²) in [6.45, 7) is 0. The van der Waals surface area contributed by atoms with Crippen molar-refractivity contribution in [2.24, 2.45) is 0 Å². The maximum atomic E-state index is 13.1. The molecule has 1 amide bonds. The summed E-state index contributed by atoms with van der Waals surface area (Å²) in [5, 5.41) is 6.63. The molecule has 0 aliphatic carbocycles. The number of halogens is 1. The third-order valence-corrected chi connectivity index (χ3v) is 2.72. The van der Waals surface area contributed by atoms with Gasteiger partial charge in [-0.25, -0.2) is 19.0 Å². The summed E-state index contributed by atoms with van der Waals surface area (Å²) >= 11 is 0. The Morgan fingerprint density at radius 3 is 2.86 bits per heavy atom. The predicted octanol–water partition coefficient (Wildman–Crippen LogP) is 2.05. The zero-order valence-electron chi connectivity index (χ0n) is 10.8. The number of hydrogen-bond donors (Lipinski definition) is 1. The molecule has 1 aromatic carbocycles. The van der Waals surface area contributed by atoms with Gasteiger partial charge < -0.3 is 5.32 Å². The summed E-state index contributed by atoms with van der Waals surface area (Å²) in [4.78, 5) is 20.0. The van der Waals surface area contributed by atoms with Gasteiger partial charge in [-0.3, -0.25) is 4.79 Å². The zero-order valence-corrected chi connectivity index (χ0v) is 10.8. The highest BCUT2D eigenvalue weighted by molar-refractivity contribution is 6.03. The van der Waals surface area contributed by atoms with Crippen molar-refractivity contribution in [1.82, 2.24) is 19.7 Å². The summed E-state index contributed by atoms with van der Waals surface area (Å²) in [7, 11) is 0. The van der Waals surface area contributed by atoms with E-state index in [4.69, 9.17) is 0 Å². The molecule has 0 saturated heterocycles. The minimum absolute atomic E-state index is 0.217. The first kappa shape index (κ1) is 12.9. The lowest BCUT2D eigenvalue weighted by Crippen LogP contribution is -2.14. The summed E-state index contributed by atoms with van der Waals surface area (Å²) in [5.41, 5.74) is 0.217. The van der Waals surface area contributed by atoms with Crippen LogP contribution in [0.4, 0.5) is 10.2 Å². The van der Waals surface area contributed by atoms with Crippen molar-refractivity contribution in [2.75, 3.05) is 5.32 Å². The highest BCUT2D eigenvalue weighted by atomic mass is 19.1. The van der Waals surface area contributed by atoms with Gasteiger partial charge in [0.2, 0.25) is 0 Å². The highest BCUT2D eigenvalue weighted by Gasteiger charge is 2.09. The predicted molar refractivity (Wildman–Crippen MR) is 73.5 cm³/mol. The van der Waals surface area contributed by atoms with Gasteiger partial charge in [-0.1, -0.05) is 6.07 Å². The number of nitrogens with one attached hydrogen (secondary N) is 1. The van der Waals surface area contributed by atoms with Crippen molar-refractivity contribution >= 4 is 11.7 Å². The molecule has 0 radical (unpaired) electrons. The minimum atomic E-state index is -0.470. The van der Waals surface area contributed by atoms with Crippen LogP contribution in [0.15, 0.2) is 55.1 Å². The molecular formula is C14H10FN5O. The Hall–Kier alpha value is -3.09. The fourth-order valence-corrected chi connectivity index (χ4v) is 1.76. The van der Waals surface area contributed by atoms with Gasteiger partial charge in [0, 0.05) is 24.0 Å². The van der Waals surface area contributed by atoms with Crippen LogP contribution in [0, 0.1) is 5.82 Å². The molecule has 0 bridgehead atoms. The number of aromatic nitrogens is 4. The first-order valence-corrected chi connectivity index (χ1v) is 6.11. The van der Waals surface area contributed by atoms with Gasteiger partial charge in [0.25, 0.3) is 5.91 Å². The number of carbonyl (C=O) groups excluding carboxylic acids is 1. The largest absolute Gasteiger partial charge is 0.306 e. The molecule has 0 fully saturated rings. The van der Waals surface area contributed by atoms with Crippen molar-refractivity contribution in [1.29, 1.82) is 0 Å². The second-order valence-corrected chi connectivity index (χ2v) is 4.18. The van der Waals surface area contributed by atoms with Crippen molar-refractivity contribution in [3.63, 3.8) is 0 Å². The molecule has 3 rings (SSSR count). The van der Waals surface area contributed by atoms with E-state index >= 15 is 0 Å².